The predicted octanol–water partition coefficient (Wildman–Crippen LogP) is 4.47. The number of carbonyl (C=O) groups excluding carboxylic acids is 1. The Labute approximate surface area is 119 Å². The number of anilines is 2. The van der Waals surface area contributed by atoms with Crippen molar-refractivity contribution < 1.29 is 4.79 Å². The van der Waals surface area contributed by atoms with Gasteiger partial charge in [0, 0.05) is 10.2 Å². The van der Waals surface area contributed by atoms with Gasteiger partial charge in [0.1, 0.15) is 5.00 Å². The van der Waals surface area contributed by atoms with Crippen molar-refractivity contribution in [1.82, 2.24) is 4.37 Å². The molecule has 3 nitrogen and oxygen atoms in total. The summed E-state index contributed by atoms with van der Waals surface area (Å²) >= 11 is 4.81. The fraction of sp³-hybridized carbons (Fsp3) is 0.231. The SMILES string of the molecule is CC(=O)c1c(C)nsc1Nc1ccc(C)c(Br)c1. The molecule has 0 saturated carbocycles. The Morgan fingerprint density at radius 2 is 2.11 bits per heavy atom. The molecule has 0 amide bonds. The molecule has 94 valence electrons. The van der Waals surface area contributed by atoms with Gasteiger partial charge in [-0.25, -0.2) is 0 Å². The van der Waals surface area contributed by atoms with Gasteiger partial charge in [-0.15, -0.1) is 0 Å². The summed E-state index contributed by atoms with van der Waals surface area (Å²) in [6, 6.07) is 6.00. The number of halogens is 1. The van der Waals surface area contributed by atoms with E-state index in [1.807, 2.05) is 32.0 Å². The molecule has 0 aliphatic heterocycles. The first kappa shape index (κ1) is 13.2. The first-order chi connectivity index (χ1) is 8.49. The number of rotatable bonds is 3. The third-order valence-electron chi connectivity index (χ3n) is 2.64. The van der Waals surface area contributed by atoms with Crippen LogP contribution in [0.1, 0.15) is 28.5 Å². The van der Waals surface area contributed by atoms with Gasteiger partial charge in [-0.05, 0) is 50.0 Å². The minimum Gasteiger partial charge on any atom is -0.345 e. The van der Waals surface area contributed by atoms with Crippen LogP contribution >= 0.6 is 27.5 Å². The molecular weight excluding hydrogens is 312 g/mol. The molecule has 0 aliphatic rings. The number of hydrogen-bond acceptors (Lipinski definition) is 4. The Kier molecular flexibility index (Phi) is 3.82. The van der Waals surface area contributed by atoms with E-state index in [0.29, 0.717) is 5.56 Å². The molecule has 0 radical (unpaired) electrons. The lowest BCUT2D eigenvalue weighted by atomic mass is 10.2. The monoisotopic (exact) mass is 324 g/mol. The van der Waals surface area contributed by atoms with Crippen LogP contribution < -0.4 is 5.32 Å². The average molecular weight is 325 g/mol. The Hall–Kier alpha value is -1.20. The normalized spacial score (nSPS) is 10.4. The molecule has 1 heterocycles. The molecule has 2 rings (SSSR count). The lowest BCUT2D eigenvalue weighted by Gasteiger charge is -2.07. The molecule has 0 spiro atoms. The van der Waals surface area contributed by atoms with E-state index in [4.69, 9.17) is 0 Å². The number of benzene rings is 1. The van der Waals surface area contributed by atoms with Gasteiger partial charge in [0.05, 0.1) is 11.3 Å². The minimum atomic E-state index is 0.0370. The Morgan fingerprint density at radius 1 is 1.39 bits per heavy atom. The number of carbonyl (C=O) groups is 1. The predicted molar refractivity (Wildman–Crippen MR) is 79.0 cm³/mol. The second-order valence-electron chi connectivity index (χ2n) is 4.12. The first-order valence-corrected chi connectivity index (χ1v) is 7.06. The zero-order chi connectivity index (χ0) is 13.3. The Morgan fingerprint density at radius 3 is 2.72 bits per heavy atom. The van der Waals surface area contributed by atoms with Crippen LogP contribution in [0.3, 0.4) is 0 Å². The number of ketones is 1. The molecular formula is C13H13BrN2OS. The van der Waals surface area contributed by atoms with E-state index in [9.17, 15) is 4.79 Å². The van der Waals surface area contributed by atoms with Crippen LogP contribution in [0.15, 0.2) is 22.7 Å². The van der Waals surface area contributed by atoms with Crippen LogP contribution in [0.4, 0.5) is 10.7 Å². The summed E-state index contributed by atoms with van der Waals surface area (Å²) < 4.78 is 5.26. The smallest absolute Gasteiger partial charge is 0.164 e. The number of aryl methyl sites for hydroxylation is 2. The molecule has 18 heavy (non-hydrogen) atoms. The standard InChI is InChI=1S/C13H13BrN2OS/c1-7-4-5-10(6-11(7)14)15-13-12(9(3)17)8(2)16-18-13/h4-6,15H,1-3H3. The van der Waals surface area contributed by atoms with Gasteiger partial charge in [-0.1, -0.05) is 22.0 Å². The summed E-state index contributed by atoms with van der Waals surface area (Å²) in [6.07, 6.45) is 0. The third kappa shape index (κ3) is 2.62. The number of aromatic nitrogens is 1. The van der Waals surface area contributed by atoms with Gasteiger partial charge in [0.2, 0.25) is 0 Å². The summed E-state index contributed by atoms with van der Waals surface area (Å²) in [4.78, 5) is 11.6. The van der Waals surface area contributed by atoms with E-state index in [2.05, 4.69) is 25.6 Å². The fourth-order valence-electron chi connectivity index (χ4n) is 1.67. The second kappa shape index (κ2) is 5.20. The summed E-state index contributed by atoms with van der Waals surface area (Å²) in [6.45, 7) is 5.45. The summed E-state index contributed by atoms with van der Waals surface area (Å²) in [5, 5.41) is 4.05. The van der Waals surface area contributed by atoms with Crippen molar-refractivity contribution in [3.8, 4) is 0 Å². The lowest BCUT2D eigenvalue weighted by Crippen LogP contribution is -1.98. The highest BCUT2D eigenvalue weighted by Gasteiger charge is 2.14. The topological polar surface area (TPSA) is 42.0 Å². The van der Waals surface area contributed by atoms with Gasteiger partial charge < -0.3 is 5.32 Å². The molecule has 0 fully saturated rings. The van der Waals surface area contributed by atoms with Gasteiger partial charge in [0.15, 0.2) is 5.78 Å². The molecule has 1 aromatic heterocycles. The lowest BCUT2D eigenvalue weighted by molar-refractivity contribution is 0.101. The van der Waals surface area contributed by atoms with Crippen LogP contribution in [-0.2, 0) is 0 Å². The van der Waals surface area contributed by atoms with Gasteiger partial charge in [0.25, 0.3) is 0 Å². The largest absolute Gasteiger partial charge is 0.345 e. The van der Waals surface area contributed by atoms with Crippen molar-refractivity contribution in [2.75, 3.05) is 5.32 Å². The fourth-order valence-corrected chi connectivity index (χ4v) is 2.92. The van der Waals surface area contributed by atoms with E-state index in [-0.39, 0.29) is 5.78 Å². The van der Waals surface area contributed by atoms with E-state index < -0.39 is 0 Å². The maximum Gasteiger partial charge on any atom is 0.164 e. The Bertz CT molecular complexity index is 607. The molecule has 0 saturated heterocycles. The van der Waals surface area contributed by atoms with E-state index in [0.717, 1.165) is 20.9 Å². The summed E-state index contributed by atoms with van der Waals surface area (Å²) in [5.41, 5.74) is 3.57. The molecule has 0 atom stereocenters. The van der Waals surface area contributed by atoms with E-state index in [1.165, 1.54) is 17.1 Å². The number of nitrogens with zero attached hydrogens (tertiary/aromatic N) is 1. The molecule has 2 aromatic rings. The maximum atomic E-state index is 11.6. The molecule has 0 unspecified atom stereocenters. The number of Topliss-reactive ketones (excluding diaryl/α,β-unsaturated/α-hetero) is 1. The highest BCUT2D eigenvalue weighted by atomic mass is 79.9. The van der Waals surface area contributed by atoms with E-state index in [1.54, 1.807) is 6.92 Å². The summed E-state index contributed by atoms with van der Waals surface area (Å²) in [7, 11) is 0. The van der Waals surface area contributed by atoms with E-state index >= 15 is 0 Å². The van der Waals surface area contributed by atoms with Gasteiger partial charge in [-0.2, -0.15) is 4.37 Å². The van der Waals surface area contributed by atoms with Crippen LogP contribution in [0, 0.1) is 13.8 Å². The number of nitrogens with one attached hydrogen (secondary N) is 1. The van der Waals surface area contributed by atoms with Crippen molar-refractivity contribution >= 4 is 43.9 Å². The zero-order valence-electron chi connectivity index (χ0n) is 10.4. The number of hydrogen-bond donors (Lipinski definition) is 1. The van der Waals surface area contributed by atoms with Crippen molar-refractivity contribution in [2.45, 2.75) is 20.8 Å². The second-order valence-corrected chi connectivity index (χ2v) is 5.74. The molecule has 1 N–H and O–H groups in total. The van der Waals surface area contributed by atoms with Gasteiger partial charge >= 0.3 is 0 Å². The van der Waals surface area contributed by atoms with Crippen LogP contribution in [0.5, 0.6) is 0 Å². The molecule has 0 bridgehead atoms. The minimum absolute atomic E-state index is 0.0370. The first-order valence-electron chi connectivity index (χ1n) is 5.49. The highest BCUT2D eigenvalue weighted by Crippen LogP contribution is 2.30. The van der Waals surface area contributed by atoms with Crippen molar-refractivity contribution in [2.24, 2.45) is 0 Å². The van der Waals surface area contributed by atoms with Crippen molar-refractivity contribution in [1.29, 1.82) is 0 Å². The Balaban J connectivity index is 2.34. The van der Waals surface area contributed by atoms with Crippen LogP contribution in [-0.4, -0.2) is 10.2 Å². The van der Waals surface area contributed by atoms with Crippen LogP contribution in [0.25, 0.3) is 0 Å². The molecule has 0 aliphatic carbocycles. The molecule has 1 aromatic carbocycles. The van der Waals surface area contributed by atoms with Crippen molar-refractivity contribution in [3.05, 3.63) is 39.5 Å². The third-order valence-corrected chi connectivity index (χ3v) is 4.35. The average Bonchev–Trinajstić information content (AvgIpc) is 2.65. The molecule has 5 heteroatoms. The van der Waals surface area contributed by atoms with Gasteiger partial charge in [-0.3, -0.25) is 4.79 Å². The summed E-state index contributed by atoms with van der Waals surface area (Å²) in [5.74, 6) is 0.0370. The highest BCUT2D eigenvalue weighted by molar-refractivity contribution is 9.10. The van der Waals surface area contributed by atoms with Crippen molar-refractivity contribution in [3.63, 3.8) is 0 Å². The zero-order valence-corrected chi connectivity index (χ0v) is 12.8. The van der Waals surface area contributed by atoms with Crippen LogP contribution in [0.2, 0.25) is 0 Å². The maximum absolute atomic E-state index is 11.6. The quantitative estimate of drug-likeness (QED) is 0.847.